The van der Waals surface area contributed by atoms with Crippen molar-refractivity contribution in [1.29, 1.82) is 0 Å². The van der Waals surface area contributed by atoms with Crippen LogP contribution in [0.4, 0.5) is 0 Å². The number of unbranched alkanes of at least 4 members (excludes halogenated alkanes) is 3. The summed E-state index contributed by atoms with van der Waals surface area (Å²) in [5, 5.41) is 0. The topological polar surface area (TPSA) is 43.4 Å². The van der Waals surface area contributed by atoms with Crippen molar-refractivity contribution in [3.8, 4) is 0 Å². The summed E-state index contributed by atoms with van der Waals surface area (Å²) in [4.78, 5) is 22.7. The molecule has 0 unspecified atom stereocenters. The highest BCUT2D eigenvalue weighted by Crippen LogP contribution is 2.07. The number of ether oxygens (including phenoxy) is 1. The molecule has 0 saturated heterocycles. The highest BCUT2D eigenvalue weighted by atomic mass is 16.5. The first-order valence-corrected chi connectivity index (χ1v) is 6.00. The monoisotopic (exact) mass is 226 g/mol. The van der Waals surface area contributed by atoms with Crippen LogP contribution in [0.25, 0.3) is 0 Å². The maximum atomic E-state index is 11.6. The first kappa shape index (κ1) is 14.9. The van der Waals surface area contributed by atoms with Gasteiger partial charge in [-0.25, -0.2) is 4.79 Å². The molecule has 0 amide bonds. The molecule has 0 atom stereocenters. The molecule has 0 radical (unpaired) electrons. The van der Waals surface area contributed by atoms with Gasteiger partial charge in [0.1, 0.15) is 0 Å². The molecule has 3 nitrogen and oxygen atoms in total. The Morgan fingerprint density at radius 2 is 1.81 bits per heavy atom. The van der Waals surface area contributed by atoms with Crippen molar-refractivity contribution < 1.29 is 14.3 Å². The predicted octanol–water partition coefficient (Wildman–Crippen LogP) is 3.04. The third kappa shape index (κ3) is 7.21. The Balaban J connectivity index is 3.93. The van der Waals surface area contributed by atoms with Crippen molar-refractivity contribution in [1.82, 2.24) is 0 Å². The van der Waals surface area contributed by atoms with E-state index in [0.29, 0.717) is 18.6 Å². The van der Waals surface area contributed by atoms with Crippen LogP contribution >= 0.6 is 0 Å². The molecule has 0 aromatic carbocycles. The molecule has 0 spiro atoms. The summed E-state index contributed by atoms with van der Waals surface area (Å²) in [7, 11) is 0. The van der Waals surface area contributed by atoms with E-state index in [1.807, 2.05) is 0 Å². The number of rotatable bonds is 8. The minimum Gasteiger partial charge on any atom is -0.463 e. The van der Waals surface area contributed by atoms with Gasteiger partial charge in [0.25, 0.3) is 0 Å². The number of hydrogen-bond donors (Lipinski definition) is 0. The van der Waals surface area contributed by atoms with Gasteiger partial charge in [-0.15, -0.1) is 0 Å². The van der Waals surface area contributed by atoms with Crippen LogP contribution in [-0.4, -0.2) is 18.4 Å². The molecule has 0 heterocycles. The third-order valence-corrected chi connectivity index (χ3v) is 2.32. The van der Waals surface area contributed by atoms with E-state index in [-0.39, 0.29) is 5.78 Å². The normalized spacial score (nSPS) is 11.3. The Labute approximate surface area is 97.9 Å². The zero-order valence-corrected chi connectivity index (χ0v) is 10.5. The number of carbonyl (C=O) groups excluding carboxylic acids is 2. The number of Topliss-reactive ketones (excluding diaryl/α,β-unsaturated/α-hetero) is 1. The van der Waals surface area contributed by atoms with Crippen LogP contribution in [0.2, 0.25) is 0 Å². The lowest BCUT2D eigenvalue weighted by Crippen LogP contribution is -2.05. The molecule has 0 fully saturated rings. The molecule has 16 heavy (non-hydrogen) atoms. The number of hydrogen-bond acceptors (Lipinski definition) is 3. The molecule has 0 aliphatic heterocycles. The van der Waals surface area contributed by atoms with Crippen molar-refractivity contribution >= 4 is 11.8 Å². The fourth-order valence-electron chi connectivity index (χ4n) is 1.35. The molecule has 0 saturated carbocycles. The van der Waals surface area contributed by atoms with Crippen LogP contribution in [0.3, 0.4) is 0 Å². The van der Waals surface area contributed by atoms with Gasteiger partial charge < -0.3 is 4.74 Å². The lowest BCUT2D eigenvalue weighted by atomic mass is 10.1. The lowest BCUT2D eigenvalue weighted by Gasteiger charge is -2.01. The largest absolute Gasteiger partial charge is 0.463 e. The van der Waals surface area contributed by atoms with Crippen LogP contribution in [0.15, 0.2) is 11.6 Å². The van der Waals surface area contributed by atoms with Crippen LogP contribution in [-0.2, 0) is 14.3 Å². The van der Waals surface area contributed by atoms with E-state index in [0.717, 1.165) is 25.7 Å². The molecule has 0 N–H and O–H groups in total. The van der Waals surface area contributed by atoms with Crippen LogP contribution < -0.4 is 0 Å². The van der Waals surface area contributed by atoms with E-state index in [4.69, 9.17) is 4.74 Å². The SMILES string of the molecule is CCCCCCC(=O)/C(C)=C/C(=O)OCC. The first-order chi connectivity index (χ1) is 7.61. The minimum absolute atomic E-state index is 0.0455. The van der Waals surface area contributed by atoms with Crippen molar-refractivity contribution in [2.24, 2.45) is 0 Å². The zero-order valence-electron chi connectivity index (χ0n) is 10.5. The van der Waals surface area contributed by atoms with E-state index >= 15 is 0 Å². The van der Waals surface area contributed by atoms with Crippen LogP contribution in [0.5, 0.6) is 0 Å². The van der Waals surface area contributed by atoms with Crippen LogP contribution in [0, 0.1) is 0 Å². The summed E-state index contributed by atoms with van der Waals surface area (Å²) >= 11 is 0. The van der Waals surface area contributed by atoms with E-state index in [2.05, 4.69) is 6.92 Å². The lowest BCUT2D eigenvalue weighted by molar-refractivity contribution is -0.137. The Hall–Kier alpha value is -1.12. The first-order valence-electron chi connectivity index (χ1n) is 6.00. The van der Waals surface area contributed by atoms with Crippen molar-refractivity contribution in [3.63, 3.8) is 0 Å². The second-order valence-electron chi connectivity index (χ2n) is 3.81. The molecule has 0 aliphatic rings. The Bertz CT molecular complexity index is 254. The molecular weight excluding hydrogens is 204 g/mol. The molecule has 0 aromatic heterocycles. The van der Waals surface area contributed by atoms with E-state index < -0.39 is 5.97 Å². The molecule has 0 bridgehead atoms. The number of ketones is 1. The molecular formula is C13H22O3. The fraction of sp³-hybridized carbons (Fsp3) is 0.692. The van der Waals surface area contributed by atoms with Gasteiger partial charge in [0.05, 0.1) is 6.61 Å². The molecule has 3 heteroatoms. The molecule has 0 rings (SSSR count). The maximum absolute atomic E-state index is 11.6. The van der Waals surface area contributed by atoms with Gasteiger partial charge in [0.2, 0.25) is 0 Å². The van der Waals surface area contributed by atoms with Gasteiger partial charge in [-0.1, -0.05) is 26.2 Å². The minimum atomic E-state index is -0.429. The van der Waals surface area contributed by atoms with Gasteiger partial charge in [0, 0.05) is 12.5 Å². The van der Waals surface area contributed by atoms with Gasteiger partial charge in [0.15, 0.2) is 5.78 Å². The number of carbonyl (C=O) groups is 2. The predicted molar refractivity (Wildman–Crippen MR) is 64.2 cm³/mol. The molecule has 0 aromatic rings. The average Bonchev–Trinajstić information content (AvgIpc) is 2.24. The third-order valence-electron chi connectivity index (χ3n) is 2.32. The Morgan fingerprint density at radius 1 is 1.12 bits per heavy atom. The van der Waals surface area contributed by atoms with E-state index in [9.17, 15) is 9.59 Å². The van der Waals surface area contributed by atoms with Crippen molar-refractivity contribution in [2.45, 2.75) is 52.9 Å². The smallest absolute Gasteiger partial charge is 0.331 e. The Morgan fingerprint density at radius 3 is 2.38 bits per heavy atom. The van der Waals surface area contributed by atoms with E-state index in [1.165, 1.54) is 6.08 Å². The van der Waals surface area contributed by atoms with Crippen molar-refractivity contribution in [3.05, 3.63) is 11.6 Å². The standard InChI is InChI=1S/C13H22O3/c1-4-6-7-8-9-12(14)11(3)10-13(15)16-5-2/h10H,4-9H2,1-3H3/b11-10+. The Kier molecular flexibility index (Phi) is 8.49. The maximum Gasteiger partial charge on any atom is 0.331 e. The highest BCUT2D eigenvalue weighted by molar-refractivity contribution is 6.00. The highest BCUT2D eigenvalue weighted by Gasteiger charge is 2.06. The van der Waals surface area contributed by atoms with Crippen LogP contribution in [0.1, 0.15) is 52.9 Å². The van der Waals surface area contributed by atoms with Gasteiger partial charge in [-0.05, 0) is 25.8 Å². The van der Waals surface area contributed by atoms with Gasteiger partial charge in [-0.2, -0.15) is 0 Å². The zero-order chi connectivity index (χ0) is 12.4. The summed E-state index contributed by atoms with van der Waals surface area (Å²) in [5.41, 5.74) is 0.495. The summed E-state index contributed by atoms with van der Waals surface area (Å²) in [6.45, 7) is 5.88. The average molecular weight is 226 g/mol. The van der Waals surface area contributed by atoms with Gasteiger partial charge in [-0.3, -0.25) is 4.79 Å². The summed E-state index contributed by atoms with van der Waals surface area (Å²) in [6, 6.07) is 0. The summed E-state index contributed by atoms with van der Waals surface area (Å²) < 4.78 is 4.74. The number of esters is 1. The summed E-state index contributed by atoms with van der Waals surface area (Å²) in [6.07, 6.45) is 6.11. The van der Waals surface area contributed by atoms with Crippen molar-refractivity contribution in [2.75, 3.05) is 6.61 Å². The second kappa shape index (κ2) is 9.13. The summed E-state index contributed by atoms with van der Waals surface area (Å²) in [5.74, 6) is -0.383. The second-order valence-corrected chi connectivity index (χ2v) is 3.81. The quantitative estimate of drug-likeness (QED) is 0.363. The van der Waals surface area contributed by atoms with Gasteiger partial charge >= 0.3 is 5.97 Å². The molecule has 0 aliphatic carbocycles. The molecule has 92 valence electrons. The number of allylic oxidation sites excluding steroid dienone is 1. The fourth-order valence-corrected chi connectivity index (χ4v) is 1.35. The van der Waals surface area contributed by atoms with E-state index in [1.54, 1.807) is 13.8 Å².